The third kappa shape index (κ3) is 4.63. The molecule has 0 unspecified atom stereocenters. The average molecular weight is 348 g/mol. The summed E-state index contributed by atoms with van der Waals surface area (Å²) in [5.41, 5.74) is 1.73. The smallest absolute Gasteiger partial charge is 0.251 e. The lowest BCUT2D eigenvalue weighted by Gasteiger charge is -2.10. The third-order valence-electron chi connectivity index (χ3n) is 3.24. The van der Waals surface area contributed by atoms with Crippen molar-refractivity contribution in [2.75, 3.05) is 31.3 Å². The molecule has 2 rings (SSSR count). The highest BCUT2D eigenvalue weighted by Gasteiger charge is 2.07. The summed E-state index contributed by atoms with van der Waals surface area (Å²) in [5, 5.41) is 8.70. The van der Waals surface area contributed by atoms with Gasteiger partial charge in [0.2, 0.25) is 5.91 Å². The number of benzene rings is 2. The van der Waals surface area contributed by atoms with Gasteiger partial charge in [-0.05, 0) is 36.4 Å². The highest BCUT2D eigenvalue weighted by atomic mass is 35.5. The third-order valence-corrected chi connectivity index (χ3v) is 3.54. The van der Waals surface area contributed by atoms with Gasteiger partial charge in [0.05, 0.1) is 18.7 Å². The second-order valence-corrected chi connectivity index (χ2v) is 5.32. The molecule has 0 radical (unpaired) electrons. The Morgan fingerprint density at radius 1 is 1.12 bits per heavy atom. The SMILES string of the molecule is CNC(=O)c1cccc(NC(=O)CNc2ccc(OC)c(Cl)c2)c1. The summed E-state index contributed by atoms with van der Waals surface area (Å²) in [5.74, 6) is 0.116. The number of hydrogen-bond donors (Lipinski definition) is 3. The maximum absolute atomic E-state index is 12.0. The fourth-order valence-corrected chi connectivity index (χ4v) is 2.30. The number of rotatable bonds is 6. The second kappa shape index (κ2) is 8.21. The van der Waals surface area contributed by atoms with E-state index in [1.54, 1.807) is 49.5 Å². The lowest BCUT2D eigenvalue weighted by molar-refractivity contribution is -0.114. The Morgan fingerprint density at radius 2 is 1.92 bits per heavy atom. The lowest BCUT2D eigenvalue weighted by Crippen LogP contribution is -2.22. The van der Waals surface area contributed by atoms with E-state index in [2.05, 4.69) is 16.0 Å². The van der Waals surface area contributed by atoms with Gasteiger partial charge in [-0.1, -0.05) is 17.7 Å². The number of ether oxygens (including phenoxy) is 1. The molecule has 0 aliphatic carbocycles. The van der Waals surface area contributed by atoms with Crippen LogP contribution >= 0.6 is 11.6 Å². The number of halogens is 1. The number of carbonyl (C=O) groups excluding carboxylic acids is 2. The Balaban J connectivity index is 1.94. The minimum atomic E-state index is -0.240. The van der Waals surface area contributed by atoms with Gasteiger partial charge in [0.25, 0.3) is 5.91 Å². The maximum Gasteiger partial charge on any atom is 0.251 e. The number of nitrogens with one attached hydrogen (secondary N) is 3. The fraction of sp³-hybridized carbons (Fsp3) is 0.176. The van der Waals surface area contributed by atoms with Crippen LogP contribution in [0.4, 0.5) is 11.4 Å². The molecule has 126 valence electrons. The molecule has 0 spiro atoms. The summed E-state index contributed by atoms with van der Waals surface area (Å²) in [6.45, 7) is 0.0624. The van der Waals surface area contributed by atoms with Crippen LogP contribution in [0.2, 0.25) is 5.02 Å². The van der Waals surface area contributed by atoms with E-state index in [0.717, 1.165) is 0 Å². The molecule has 2 aromatic rings. The normalized spacial score (nSPS) is 9.96. The molecule has 0 saturated heterocycles. The van der Waals surface area contributed by atoms with Crippen molar-refractivity contribution in [2.45, 2.75) is 0 Å². The van der Waals surface area contributed by atoms with E-state index in [1.165, 1.54) is 7.11 Å². The van der Waals surface area contributed by atoms with Gasteiger partial charge in [0.15, 0.2) is 0 Å². The van der Waals surface area contributed by atoms with E-state index in [9.17, 15) is 9.59 Å². The Morgan fingerprint density at radius 3 is 2.58 bits per heavy atom. The maximum atomic E-state index is 12.0. The average Bonchev–Trinajstić information content (AvgIpc) is 2.59. The van der Waals surface area contributed by atoms with Gasteiger partial charge in [-0.25, -0.2) is 0 Å². The van der Waals surface area contributed by atoms with E-state index in [1.807, 2.05) is 0 Å². The van der Waals surface area contributed by atoms with Crippen LogP contribution in [0.5, 0.6) is 5.75 Å². The first-order valence-corrected chi connectivity index (χ1v) is 7.60. The molecule has 7 heteroatoms. The molecular weight excluding hydrogens is 330 g/mol. The summed E-state index contributed by atoms with van der Waals surface area (Å²) in [6, 6.07) is 11.9. The summed E-state index contributed by atoms with van der Waals surface area (Å²) in [7, 11) is 3.09. The second-order valence-electron chi connectivity index (χ2n) is 4.91. The van der Waals surface area contributed by atoms with Gasteiger partial charge in [-0.2, -0.15) is 0 Å². The first kappa shape index (κ1) is 17.6. The molecule has 0 atom stereocenters. The van der Waals surface area contributed by atoms with E-state index in [-0.39, 0.29) is 18.4 Å². The zero-order valence-electron chi connectivity index (χ0n) is 13.4. The molecule has 0 bridgehead atoms. The predicted molar refractivity (Wildman–Crippen MR) is 95.0 cm³/mol. The molecule has 0 aromatic heterocycles. The van der Waals surface area contributed by atoms with Crippen LogP contribution in [-0.4, -0.2) is 32.5 Å². The number of anilines is 2. The summed E-state index contributed by atoms with van der Waals surface area (Å²) >= 11 is 6.03. The van der Waals surface area contributed by atoms with Gasteiger partial charge in [0.1, 0.15) is 5.75 Å². The van der Waals surface area contributed by atoms with Crippen molar-refractivity contribution in [2.24, 2.45) is 0 Å². The van der Waals surface area contributed by atoms with Crippen molar-refractivity contribution in [3.8, 4) is 5.75 Å². The monoisotopic (exact) mass is 347 g/mol. The quantitative estimate of drug-likeness (QED) is 0.750. The highest BCUT2D eigenvalue weighted by molar-refractivity contribution is 6.32. The van der Waals surface area contributed by atoms with Crippen LogP contribution < -0.4 is 20.7 Å². The first-order valence-electron chi connectivity index (χ1n) is 7.23. The zero-order valence-corrected chi connectivity index (χ0v) is 14.1. The van der Waals surface area contributed by atoms with E-state index in [0.29, 0.717) is 27.7 Å². The van der Waals surface area contributed by atoms with E-state index >= 15 is 0 Å². The van der Waals surface area contributed by atoms with Crippen LogP contribution in [0.25, 0.3) is 0 Å². The summed E-state index contributed by atoms with van der Waals surface area (Å²) < 4.78 is 5.07. The molecule has 2 amide bonds. The van der Waals surface area contributed by atoms with Gasteiger partial charge < -0.3 is 20.7 Å². The van der Waals surface area contributed by atoms with Crippen molar-refractivity contribution in [1.29, 1.82) is 0 Å². The molecule has 2 aromatic carbocycles. The Hall–Kier alpha value is -2.73. The Kier molecular flexibility index (Phi) is 6.03. The number of amides is 2. The molecule has 0 heterocycles. The van der Waals surface area contributed by atoms with Crippen molar-refractivity contribution in [3.05, 3.63) is 53.1 Å². The summed E-state index contributed by atoms with van der Waals surface area (Å²) in [6.07, 6.45) is 0. The number of hydrogen-bond acceptors (Lipinski definition) is 4. The molecule has 24 heavy (non-hydrogen) atoms. The van der Waals surface area contributed by atoms with E-state index < -0.39 is 0 Å². The van der Waals surface area contributed by atoms with Crippen LogP contribution in [0.15, 0.2) is 42.5 Å². The summed E-state index contributed by atoms with van der Waals surface area (Å²) in [4.78, 5) is 23.6. The van der Waals surface area contributed by atoms with Crippen molar-refractivity contribution < 1.29 is 14.3 Å². The van der Waals surface area contributed by atoms with Crippen LogP contribution in [0.1, 0.15) is 10.4 Å². The molecule has 0 saturated carbocycles. The standard InChI is InChI=1S/C17H18ClN3O3/c1-19-17(23)11-4-3-5-13(8-11)21-16(22)10-20-12-6-7-15(24-2)14(18)9-12/h3-9,20H,10H2,1-2H3,(H,19,23)(H,21,22). The highest BCUT2D eigenvalue weighted by Crippen LogP contribution is 2.27. The van der Waals surface area contributed by atoms with Gasteiger partial charge in [-0.15, -0.1) is 0 Å². The predicted octanol–water partition coefficient (Wildman–Crippen LogP) is 2.76. The number of carbonyl (C=O) groups is 2. The largest absolute Gasteiger partial charge is 0.495 e. The topological polar surface area (TPSA) is 79.5 Å². The van der Waals surface area contributed by atoms with Crippen LogP contribution in [0.3, 0.4) is 0 Å². The molecule has 6 nitrogen and oxygen atoms in total. The van der Waals surface area contributed by atoms with Gasteiger partial charge in [0, 0.05) is 24.0 Å². The lowest BCUT2D eigenvalue weighted by atomic mass is 10.2. The van der Waals surface area contributed by atoms with Crippen molar-refractivity contribution in [3.63, 3.8) is 0 Å². The Labute approximate surface area is 145 Å². The van der Waals surface area contributed by atoms with Gasteiger partial charge in [-0.3, -0.25) is 9.59 Å². The van der Waals surface area contributed by atoms with E-state index in [4.69, 9.17) is 16.3 Å². The fourth-order valence-electron chi connectivity index (χ4n) is 2.05. The van der Waals surface area contributed by atoms with Crippen LogP contribution in [0, 0.1) is 0 Å². The zero-order chi connectivity index (χ0) is 17.5. The van der Waals surface area contributed by atoms with Gasteiger partial charge >= 0.3 is 0 Å². The minimum absolute atomic E-state index is 0.0624. The molecule has 3 N–H and O–H groups in total. The molecule has 0 aliphatic rings. The van der Waals surface area contributed by atoms with Crippen molar-refractivity contribution in [1.82, 2.24) is 5.32 Å². The Bertz CT molecular complexity index is 750. The molecule has 0 fully saturated rings. The van der Waals surface area contributed by atoms with Crippen LogP contribution in [-0.2, 0) is 4.79 Å². The molecule has 0 aliphatic heterocycles. The number of methoxy groups -OCH3 is 1. The first-order chi connectivity index (χ1) is 11.5. The van der Waals surface area contributed by atoms with Crippen molar-refractivity contribution >= 4 is 34.8 Å². The molecular formula is C17H18ClN3O3. The minimum Gasteiger partial charge on any atom is -0.495 e.